The highest BCUT2D eigenvalue weighted by atomic mass is 16.6. The van der Waals surface area contributed by atoms with Crippen LogP contribution in [0.5, 0.6) is 5.75 Å². The number of ether oxygens (including phenoxy) is 1. The molecule has 0 bridgehead atoms. The number of fused-ring (bicyclic) bond motifs is 1. The molecular weight excluding hydrogens is 292 g/mol. The molecule has 0 unspecified atom stereocenters. The van der Waals surface area contributed by atoms with E-state index < -0.39 is 4.92 Å². The Morgan fingerprint density at radius 3 is 2.48 bits per heavy atom. The molecule has 0 spiro atoms. The number of benzene rings is 2. The molecule has 0 radical (unpaired) electrons. The highest BCUT2D eigenvalue weighted by Crippen LogP contribution is 2.28. The highest BCUT2D eigenvalue weighted by molar-refractivity contribution is 5.84. The van der Waals surface area contributed by atoms with Gasteiger partial charge in [-0.15, -0.1) is 0 Å². The fourth-order valence-electron chi connectivity index (χ4n) is 2.55. The van der Waals surface area contributed by atoms with Gasteiger partial charge in [-0.3, -0.25) is 10.1 Å². The van der Waals surface area contributed by atoms with Crippen LogP contribution in [0.3, 0.4) is 0 Å². The molecule has 0 aliphatic heterocycles. The van der Waals surface area contributed by atoms with E-state index in [9.17, 15) is 10.1 Å². The zero-order chi connectivity index (χ0) is 16.4. The van der Waals surface area contributed by atoms with E-state index in [1.54, 1.807) is 12.1 Å². The zero-order valence-electron chi connectivity index (χ0n) is 12.9. The van der Waals surface area contributed by atoms with E-state index >= 15 is 0 Å². The fraction of sp³-hybridized carbons (Fsp3) is 0.111. The summed E-state index contributed by atoms with van der Waals surface area (Å²) in [5.74, 6) is 0.262. The quantitative estimate of drug-likeness (QED) is 0.411. The van der Waals surface area contributed by atoms with Crippen LogP contribution in [-0.2, 0) is 7.05 Å². The minimum Gasteiger partial charge on any atom is -0.490 e. The summed E-state index contributed by atoms with van der Waals surface area (Å²) in [6, 6.07) is 13.1. The number of nitro groups is 1. The third kappa shape index (κ3) is 2.94. The van der Waals surface area contributed by atoms with Crippen molar-refractivity contribution in [1.82, 2.24) is 4.57 Å². The lowest BCUT2D eigenvalue weighted by atomic mass is 10.1. The first kappa shape index (κ1) is 14.8. The van der Waals surface area contributed by atoms with E-state index in [1.807, 2.05) is 31.5 Å². The van der Waals surface area contributed by atoms with Gasteiger partial charge in [-0.1, -0.05) is 24.3 Å². The topological polar surface area (TPSA) is 57.3 Å². The molecule has 0 amide bonds. The van der Waals surface area contributed by atoms with E-state index in [-0.39, 0.29) is 11.4 Å². The van der Waals surface area contributed by atoms with Crippen molar-refractivity contribution in [2.75, 3.05) is 7.11 Å². The van der Waals surface area contributed by atoms with Gasteiger partial charge in [0.2, 0.25) is 0 Å². The molecule has 0 N–H and O–H groups in total. The van der Waals surface area contributed by atoms with Gasteiger partial charge in [-0.25, -0.2) is 0 Å². The lowest BCUT2D eigenvalue weighted by Gasteiger charge is -2.02. The van der Waals surface area contributed by atoms with Crippen LogP contribution in [0.25, 0.3) is 23.1 Å². The van der Waals surface area contributed by atoms with Gasteiger partial charge < -0.3 is 9.30 Å². The predicted molar refractivity (Wildman–Crippen MR) is 91.5 cm³/mol. The van der Waals surface area contributed by atoms with E-state index in [1.165, 1.54) is 18.7 Å². The van der Waals surface area contributed by atoms with Gasteiger partial charge in [0.15, 0.2) is 5.75 Å². The first-order valence-corrected chi connectivity index (χ1v) is 7.14. The second kappa shape index (κ2) is 5.96. The standard InChI is InChI=1S/C18H16N2O3/c1-19-10-9-15-11-13(5-7-16(15)19)3-4-14-6-8-18(23-2)17(12-14)20(21)22/h3-12H,1-2H3/b4-3-. The van der Waals surface area contributed by atoms with Crippen LogP contribution >= 0.6 is 0 Å². The molecule has 0 aliphatic carbocycles. The second-order valence-corrected chi connectivity index (χ2v) is 5.27. The molecule has 1 aromatic heterocycles. The van der Waals surface area contributed by atoms with Crippen LogP contribution < -0.4 is 4.74 Å². The maximum atomic E-state index is 11.1. The first-order valence-electron chi connectivity index (χ1n) is 7.14. The number of rotatable bonds is 4. The van der Waals surface area contributed by atoms with Crippen molar-refractivity contribution in [3.05, 3.63) is 69.9 Å². The predicted octanol–water partition coefficient (Wildman–Crippen LogP) is 4.27. The highest BCUT2D eigenvalue weighted by Gasteiger charge is 2.14. The van der Waals surface area contributed by atoms with E-state index in [2.05, 4.69) is 22.8 Å². The minimum absolute atomic E-state index is 0.0341. The number of methoxy groups -OCH3 is 1. The Labute approximate surface area is 133 Å². The average molecular weight is 308 g/mol. The summed E-state index contributed by atoms with van der Waals surface area (Å²) in [5, 5.41) is 12.2. The van der Waals surface area contributed by atoms with E-state index in [0.717, 1.165) is 16.5 Å². The summed E-state index contributed by atoms with van der Waals surface area (Å²) < 4.78 is 7.07. The molecule has 3 aromatic rings. The molecule has 0 fully saturated rings. The number of nitro benzene ring substituents is 1. The maximum Gasteiger partial charge on any atom is 0.311 e. The van der Waals surface area contributed by atoms with Crippen LogP contribution in [0.15, 0.2) is 48.7 Å². The molecule has 0 saturated heterocycles. The molecule has 3 rings (SSSR count). The zero-order valence-corrected chi connectivity index (χ0v) is 12.9. The SMILES string of the molecule is COc1ccc(/C=C\c2ccc3c(ccn3C)c2)cc1[N+](=O)[O-]. The number of nitrogens with zero attached hydrogens (tertiary/aromatic N) is 2. The Morgan fingerprint density at radius 2 is 1.78 bits per heavy atom. The Hall–Kier alpha value is -3.08. The van der Waals surface area contributed by atoms with Crippen molar-refractivity contribution >= 4 is 28.7 Å². The van der Waals surface area contributed by atoms with Crippen molar-refractivity contribution in [2.24, 2.45) is 7.05 Å². The van der Waals surface area contributed by atoms with Crippen LogP contribution in [-0.4, -0.2) is 16.6 Å². The van der Waals surface area contributed by atoms with E-state index in [0.29, 0.717) is 0 Å². The monoisotopic (exact) mass is 308 g/mol. The normalized spacial score (nSPS) is 11.2. The smallest absolute Gasteiger partial charge is 0.311 e. The van der Waals surface area contributed by atoms with Crippen molar-refractivity contribution < 1.29 is 9.66 Å². The van der Waals surface area contributed by atoms with Crippen molar-refractivity contribution in [3.8, 4) is 5.75 Å². The van der Waals surface area contributed by atoms with Gasteiger partial charge in [0.05, 0.1) is 12.0 Å². The molecule has 0 atom stereocenters. The molecule has 0 saturated carbocycles. The fourth-order valence-corrected chi connectivity index (χ4v) is 2.55. The maximum absolute atomic E-state index is 11.1. The Kier molecular flexibility index (Phi) is 3.85. The Morgan fingerprint density at radius 1 is 1.09 bits per heavy atom. The molecule has 116 valence electrons. The molecule has 5 heteroatoms. The van der Waals surface area contributed by atoms with E-state index in [4.69, 9.17) is 4.74 Å². The van der Waals surface area contributed by atoms with Crippen molar-refractivity contribution in [1.29, 1.82) is 0 Å². The van der Waals surface area contributed by atoms with Crippen LogP contribution in [0.4, 0.5) is 5.69 Å². The molecule has 5 nitrogen and oxygen atoms in total. The van der Waals surface area contributed by atoms with Gasteiger partial charge in [0.25, 0.3) is 0 Å². The first-order chi connectivity index (χ1) is 11.1. The largest absolute Gasteiger partial charge is 0.490 e. The molecule has 2 aromatic carbocycles. The third-order valence-corrected chi connectivity index (χ3v) is 3.78. The summed E-state index contributed by atoms with van der Waals surface area (Å²) in [6.07, 6.45) is 5.82. The van der Waals surface area contributed by atoms with Gasteiger partial charge >= 0.3 is 5.69 Å². The van der Waals surface area contributed by atoms with Crippen LogP contribution in [0.1, 0.15) is 11.1 Å². The molecule has 23 heavy (non-hydrogen) atoms. The van der Waals surface area contributed by atoms with Gasteiger partial charge in [0.1, 0.15) is 0 Å². The summed E-state index contributed by atoms with van der Waals surface area (Å²) in [4.78, 5) is 10.6. The minimum atomic E-state index is -0.438. The van der Waals surface area contributed by atoms with Gasteiger partial charge in [-0.05, 0) is 35.4 Å². The second-order valence-electron chi connectivity index (χ2n) is 5.27. The molecule has 0 aliphatic rings. The summed E-state index contributed by atoms with van der Waals surface area (Å²) in [5.41, 5.74) is 2.93. The van der Waals surface area contributed by atoms with Gasteiger partial charge in [0, 0.05) is 30.2 Å². The lowest BCUT2D eigenvalue weighted by molar-refractivity contribution is -0.385. The van der Waals surface area contributed by atoms with Crippen LogP contribution in [0, 0.1) is 10.1 Å². The van der Waals surface area contributed by atoms with Crippen molar-refractivity contribution in [3.63, 3.8) is 0 Å². The van der Waals surface area contributed by atoms with Crippen molar-refractivity contribution in [2.45, 2.75) is 0 Å². The summed E-state index contributed by atoms with van der Waals surface area (Å²) in [7, 11) is 3.43. The number of aromatic nitrogens is 1. The van der Waals surface area contributed by atoms with Crippen LogP contribution in [0.2, 0.25) is 0 Å². The Bertz CT molecular complexity index is 910. The summed E-state index contributed by atoms with van der Waals surface area (Å²) in [6.45, 7) is 0. The average Bonchev–Trinajstić information content (AvgIpc) is 2.93. The van der Waals surface area contributed by atoms with Gasteiger partial charge in [-0.2, -0.15) is 0 Å². The number of hydrogen-bond acceptors (Lipinski definition) is 3. The molecular formula is C18H16N2O3. The lowest BCUT2D eigenvalue weighted by Crippen LogP contribution is -1.93. The molecule has 1 heterocycles. The summed E-state index contributed by atoms with van der Waals surface area (Å²) >= 11 is 0. The third-order valence-electron chi connectivity index (χ3n) is 3.78. The Balaban J connectivity index is 1.91. The number of aryl methyl sites for hydroxylation is 1. The number of hydrogen-bond donors (Lipinski definition) is 0.